The van der Waals surface area contributed by atoms with Gasteiger partial charge < -0.3 is 10.2 Å². The molecule has 1 N–H and O–H groups in total. The van der Waals surface area contributed by atoms with E-state index in [9.17, 15) is 22.4 Å². The highest BCUT2D eigenvalue weighted by Gasteiger charge is 2.30. The van der Waals surface area contributed by atoms with E-state index in [2.05, 4.69) is 5.32 Å². The van der Waals surface area contributed by atoms with E-state index in [1.165, 1.54) is 47.4 Å². The monoisotopic (exact) mass is 531 g/mol. The Hall–Kier alpha value is -2.36. The van der Waals surface area contributed by atoms with Crippen LogP contribution in [-0.2, 0) is 26.2 Å². The van der Waals surface area contributed by atoms with Crippen LogP contribution in [0.1, 0.15) is 32.3 Å². The average molecular weight is 532 g/mol. The molecule has 0 aliphatic heterocycles. The van der Waals surface area contributed by atoms with Gasteiger partial charge in [0.25, 0.3) is 0 Å². The Balaban J connectivity index is 2.38. The summed E-state index contributed by atoms with van der Waals surface area (Å²) < 4.78 is 39.3. The van der Waals surface area contributed by atoms with Gasteiger partial charge in [-0.1, -0.05) is 48.7 Å². The molecule has 0 heterocycles. The molecule has 0 unspecified atom stereocenters. The van der Waals surface area contributed by atoms with Gasteiger partial charge in [0.2, 0.25) is 21.8 Å². The molecule has 2 aromatic rings. The number of nitrogens with zero attached hydrogens (tertiary/aromatic N) is 2. The number of amides is 2. The van der Waals surface area contributed by atoms with Crippen molar-refractivity contribution in [1.29, 1.82) is 0 Å². The van der Waals surface area contributed by atoms with E-state index in [1.807, 2.05) is 6.92 Å². The van der Waals surface area contributed by atoms with Gasteiger partial charge in [-0.15, -0.1) is 0 Å². The van der Waals surface area contributed by atoms with Gasteiger partial charge in [0, 0.05) is 18.1 Å². The zero-order chi connectivity index (χ0) is 25.5. The largest absolute Gasteiger partial charge is 0.354 e. The third-order valence-electron chi connectivity index (χ3n) is 5.12. The van der Waals surface area contributed by atoms with Crippen LogP contribution in [0.2, 0.25) is 10.0 Å². The van der Waals surface area contributed by atoms with Crippen molar-refractivity contribution in [3.05, 3.63) is 63.9 Å². The molecule has 2 aromatic carbocycles. The lowest BCUT2D eigenvalue weighted by Crippen LogP contribution is -2.51. The molecule has 0 spiro atoms. The third kappa shape index (κ3) is 7.85. The van der Waals surface area contributed by atoms with Crippen molar-refractivity contribution in [2.24, 2.45) is 0 Å². The number of unbranched alkanes of at least 4 members (excludes halogenated alkanes) is 1. The lowest BCUT2D eigenvalue weighted by Gasteiger charge is -2.31. The van der Waals surface area contributed by atoms with Crippen molar-refractivity contribution in [3.8, 4) is 0 Å². The first-order chi connectivity index (χ1) is 15.9. The fraction of sp³-hybridized carbons (Fsp3) is 0.391. The molecule has 2 rings (SSSR count). The number of carbonyl (C=O) groups excluding carboxylic acids is 2. The Kier molecular flexibility index (Phi) is 10.1. The maximum atomic E-state index is 13.4. The van der Waals surface area contributed by atoms with Crippen LogP contribution in [0.25, 0.3) is 0 Å². The second kappa shape index (κ2) is 12.4. The minimum atomic E-state index is -3.94. The third-order valence-corrected chi connectivity index (χ3v) is 6.80. The molecule has 34 heavy (non-hydrogen) atoms. The van der Waals surface area contributed by atoms with Crippen LogP contribution in [0, 0.1) is 5.82 Å². The summed E-state index contributed by atoms with van der Waals surface area (Å²) in [6, 6.07) is 8.87. The van der Waals surface area contributed by atoms with E-state index in [1.54, 1.807) is 6.92 Å². The first-order valence-corrected chi connectivity index (χ1v) is 13.3. The van der Waals surface area contributed by atoms with Crippen LogP contribution in [0.15, 0.2) is 42.5 Å². The molecule has 0 aliphatic carbocycles. The first-order valence-electron chi connectivity index (χ1n) is 10.7. The summed E-state index contributed by atoms with van der Waals surface area (Å²) in [7, 11) is -3.94. The summed E-state index contributed by atoms with van der Waals surface area (Å²) in [5, 5.41) is 3.12. The van der Waals surface area contributed by atoms with Crippen molar-refractivity contribution in [2.45, 2.75) is 39.3 Å². The Morgan fingerprint density at radius 2 is 1.76 bits per heavy atom. The van der Waals surface area contributed by atoms with Crippen LogP contribution in [0.4, 0.5) is 10.1 Å². The minimum absolute atomic E-state index is 0.0254. The van der Waals surface area contributed by atoms with Gasteiger partial charge in [0.15, 0.2) is 0 Å². The van der Waals surface area contributed by atoms with Crippen molar-refractivity contribution in [3.63, 3.8) is 0 Å². The quantitative estimate of drug-likeness (QED) is 0.439. The number of sulfonamides is 1. The number of halogens is 3. The van der Waals surface area contributed by atoms with Crippen molar-refractivity contribution >= 4 is 50.7 Å². The summed E-state index contributed by atoms with van der Waals surface area (Å²) in [5.74, 6) is -1.45. The Morgan fingerprint density at radius 1 is 1.12 bits per heavy atom. The molecule has 0 radical (unpaired) electrons. The summed E-state index contributed by atoms with van der Waals surface area (Å²) in [4.78, 5) is 27.4. The van der Waals surface area contributed by atoms with E-state index in [-0.39, 0.29) is 28.2 Å². The second-order valence-corrected chi connectivity index (χ2v) is 10.6. The van der Waals surface area contributed by atoms with Gasteiger partial charge in [-0.3, -0.25) is 13.9 Å². The second-order valence-electron chi connectivity index (χ2n) is 7.83. The number of carbonyl (C=O) groups is 2. The molecule has 0 fully saturated rings. The Labute approximate surface area is 209 Å². The van der Waals surface area contributed by atoms with Gasteiger partial charge >= 0.3 is 0 Å². The van der Waals surface area contributed by atoms with Gasteiger partial charge in [-0.25, -0.2) is 12.8 Å². The molecule has 186 valence electrons. The highest BCUT2D eigenvalue weighted by atomic mass is 35.5. The van der Waals surface area contributed by atoms with Crippen LogP contribution < -0.4 is 9.62 Å². The van der Waals surface area contributed by atoms with Gasteiger partial charge in [0.05, 0.1) is 17.0 Å². The molecule has 2 amide bonds. The molecule has 0 saturated heterocycles. The normalized spacial score (nSPS) is 12.2. The predicted molar refractivity (Wildman–Crippen MR) is 133 cm³/mol. The van der Waals surface area contributed by atoms with E-state index < -0.39 is 34.3 Å². The number of hydrogen-bond acceptors (Lipinski definition) is 4. The van der Waals surface area contributed by atoms with Crippen molar-refractivity contribution < 1.29 is 22.4 Å². The average Bonchev–Trinajstić information content (AvgIpc) is 2.77. The number of rotatable bonds is 11. The number of benzene rings is 2. The molecule has 7 nitrogen and oxygen atoms in total. The molecular formula is C23H28Cl2FN3O4S. The van der Waals surface area contributed by atoms with Gasteiger partial charge in [-0.2, -0.15) is 0 Å². The lowest BCUT2D eigenvalue weighted by atomic mass is 10.1. The maximum Gasteiger partial charge on any atom is 0.244 e. The summed E-state index contributed by atoms with van der Waals surface area (Å²) in [6.07, 6.45) is 2.61. The fourth-order valence-corrected chi connectivity index (χ4v) is 4.47. The minimum Gasteiger partial charge on any atom is -0.354 e. The van der Waals surface area contributed by atoms with Crippen LogP contribution in [-0.4, -0.2) is 50.5 Å². The molecule has 0 aliphatic rings. The molecule has 0 bridgehead atoms. The van der Waals surface area contributed by atoms with Crippen molar-refractivity contribution in [2.75, 3.05) is 23.7 Å². The standard InChI is InChI=1S/C23H28Cl2FN3O4S/c1-4-5-12-27-23(31)16(2)28(14-17-6-9-19(26)10-7-17)22(30)15-29(34(3,32)33)21-13-18(24)8-11-20(21)25/h6-11,13,16H,4-5,12,14-15H2,1-3H3,(H,27,31)/t16-/m1/s1. The predicted octanol–water partition coefficient (Wildman–Crippen LogP) is 4.23. The highest BCUT2D eigenvalue weighted by Crippen LogP contribution is 2.30. The molecule has 1 atom stereocenters. The summed E-state index contributed by atoms with van der Waals surface area (Å²) in [6.45, 7) is 3.36. The zero-order valence-corrected chi connectivity index (χ0v) is 21.6. The van der Waals surface area contributed by atoms with Crippen LogP contribution in [0.3, 0.4) is 0 Å². The molecule has 11 heteroatoms. The SMILES string of the molecule is CCCCNC(=O)[C@@H](C)N(Cc1ccc(F)cc1)C(=O)CN(c1cc(Cl)ccc1Cl)S(C)(=O)=O. The Morgan fingerprint density at radius 3 is 2.35 bits per heavy atom. The Bertz CT molecular complexity index is 1110. The first kappa shape index (κ1) is 27.9. The lowest BCUT2D eigenvalue weighted by molar-refractivity contribution is -0.139. The number of nitrogens with one attached hydrogen (secondary N) is 1. The number of anilines is 1. The van der Waals surface area contributed by atoms with E-state index >= 15 is 0 Å². The van der Waals surface area contributed by atoms with E-state index in [0.717, 1.165) is 23.4 Å². The highest BCUT2D eigenvalue weighted by molar-refractivity contribution is 7.92. The molecule has 0 saturated carbocycles. The van der Waals surface area contributed by atoms with E-state index in [4.69, 9.17) is 23.2 Å². The molecular weight excluding hydrogens is 504 g/mol. The smallest absolute Gasteiger partial charge is 0.244 e. The maximum absolute atomic E-state index is 13.4. The summed E-state index contributed by atoms with van der Waals surface area (Å²) in [5.41, 5.74) is 0.626. The fourth-order valence-electron chi connectivity index (χ4n) is 3.18. The van der Waals surface area contributed by atoms with Crippen molar-refractivity contribution in [1.82, 2.24) is 10.2 Å². The topological polar surface area (TPSA) is 86.8 Å². The van der Waals surface area contributed by atoms with Crippen LogP contribution in [0.5, 0.6) is 0 Å². The van der Waals surface area contributed by atoms with Gasteiger partial charge in [0.1, 0.15) is 18.4 Å². The zero-order valence-electron chi connectivity index (χ0n) is 19.2. The molecule has 0 aromatic heterocycles. The van der Waals surface area contributed by atoms with Gasteiger partial charge in [-0.05, 0) is 49.2 Å². The number of hydrogen-bond donors (Lipinski definition) is 1. The summed E-state index contributed by atoms with van der Waals surface area (Å²) >= 11 is 12.2. The van der Waals surface area contributed by atoms with Crippen LogP contribution >= 0.6 is 23.2 Å². The van der Waals surface area contributed by atoms with E-state index in [0.29, 0.717) is 12.1 Å².